The van der Waals surface area contributed by atoms with Crippen LogP contribution in [0.2, 0.25) is 0 Å². The molecule has 0 aromatic carbocycles. The van der Waals surface area contributed by atoms with Gasteiger partial charge >= 0.3 is 0 Å². The van der Waals surface area contributed by atoms with Crippen LogP contribution in [0.5, 0.6) is 0 Å². The Hall–Kier alpha value is -0.120. The van der Waals surface area contributed by atoms with Gasteiger partial charge in [-0.15, -0.1) is 0 Å². The van der Waals surface area contributed by atoms with Crippen molar-refractivity contribution in [2.75, 3.05) is 26.2 Å². The molecule has 0 unspecified atom stereocenters. The molecular weight excluding hydrogens is 164 g/mol. The first-order chi connectivity index (χ1) is 6.30. The minimum atomic E-state index is 0.320. The first kappa shape index (κ1) is 11.0. The summed E-state index contributed by atoms with van der Waals surface area (Å²) in [5, 5.41) is 0. The van der Waals surface area contributed by atoms with Gasteiger partial charge < -0.3 is 15.4 Å². The molecule has 0 aromatic rings. The molecule has 3 heteroatoms. The predicted octanol–water partition coefficient (Wildman–Crippen LogP) is 0.834. The highest BCUT2D eigenvalue weighted by atomic mass is 16.5. The van der Waals surface area contributed by atoms with E-state index in [1.54, 1.807) is 0 Å². The van der Waals surface area contributed by atoms with E-state index >= 15 is 0 Å². The molecule has 0 bridgehead atoms. The zero-order chi connectivity index (χ0) is 9.68. The second-order valence-corrected chi connectivity index (χ2v) is 3.68. The number of rotatable bonds is 5. The Labute approximate surface area is 81.2 Å². The highest BCUT2D eigenvalue weighted by Crippen LogP contribution is 2.19. The lowest BCUT2D eigenvalue weighted by molar-refractivity contribution is 0.0290. The van der Waals surface area contributed by atoms with Crippen LogP contribution in [0.1, 0.15) is 26.7 Å². The van der Waals surface area contributed by atoms with Crippen LogP contribution in [0.25, 0.3) is 0 Å². The van der Waals surface area contributed by atoms with Gasteiger partial charge in [0.1, 0.15) is 0 Å². The lowest BCUT2D eigenvalue weighted by atomic mass is 10.2. The molecule has 1 rings (SSSR count). The number of nitrogens with two attached hydrogens (primary N) is 1. The monoisotopic (exact) mass is 186 g/mol. The van der Waals surface area contributed by atoms with Gasteiger partial charge in [0.05, 0.1) is 12.2 Å². The molecule has 78 valence electrons. The number of likely N-dealkylation sites (N-methyl/N-ethyl adjacent to an activating group) is 1. The Morgan fingerprint density at radius 2 is 1.85 bits per heavy atom. The smallest absolute Gasteiger partial charge is 0.0707 e. The van der Waals surface area contributed by atoms with Gasteiger partial charge in [-0.3, -0.25) is 0 Å². The highest BCUT2D eigenvalue weighted by Gasteiger charge is 2.24. The van der Waals surface area contributed by atoms with Crippen molar-refractivity contribution in [2.45, 2.75) is 38.9 Å². The third-order valence-electron chi connectivity index (χ3n) is 2.81. The summed E-state index contributed by atoms with van der Waals surface area (Å²) < 4.78 is 5.78. The van der Waals surface area contributed by atoms with Crippen LogP contribution in [0.4, 0.5) is 0 Å². The van der Waals surface area contributed by atoms with Crippen LogP contribution >= 0.6 is 0 Å². The lowest BCUT2D eigenvalue weighted by Crippen LogP contribution is -2.33. The second kappa shape index (κ2) is 5.58. The first-order valence-corrected chi connectivity index (χ1v) is 5.38. The molecule has 1 fully saturated rings. The van der Waals surface area contributed by atoms with Crippen LogP contribution < -0.4 is 5.73 Å². The van der Waals surface area contributed by atoms with E-state index in [0.29, 0.717) is 18.8 Å². The summed E-state index contributed by atoms with van der Waals surface area (Å²) in [5.74, 6) is 0. The van der Waals surface area contributed by atoms with Crippen molar-refractivity contribution in [3.63, 3.8) is 0 Å². The second-order valence-electron chi connectivity index (χ2n) is 3.68. The van der Waals surface area contributed by atoms with Gasteiger partial charge in [-0.2, -0.15) is 0 Å². The van der Waals surface area contributed by atoms with Crippen LogP contribution in [0.15, 0.2) is 0 Å². The summed E-state index contributed by atoms with van der Waals surface area (Å²) in [6, 6.07) is 0. The molecule has 0 aromatic heterocycles. The summed E-state index contributed by atoms with van der Waals surface area (Å²) >= 11 is 0. The summed E-state index contributed by atoms with van der Waals surface area (Å²) in [6.45, 7) is 8.36. The Balaban J connectivity index is 2.22. The summed E-state index contributed by atoms with van der Waals surface area (Å²) in [5.41, 5.74) is 5.55. The van der Waals surface area contributed by atoms with E-state index in [1.807, 2.05) is 0 Å². The van der Waals surface area contributed by atoms with E-state index in [9.17, 15) is 0 Å². The quantitative estimate of drug-likeness (QED) is 0.691. The molecule has 1 aliphatic rings. The van der Waals surface area contributed by atoms with E-state index < -0.39 is 0 Å². The van der Waals surface area contributed by atoms with Crippen molar-refractivity contribution < 1.29 is 4.74 Å². The predicted molar refractivity (Wildman–Crippen MR) is 54.7 cm³/mol. The van der Waals surface area contributed by atoms with Crippen molar-refractivity contribution in [3.8, 4) is 0 Å². The lowest BCUT2D eigenvalue weighted by Gasteiger charge is -2.22. The largest absolute Gasteiger partial charge is 0.372 e. The molecule has 3 nitrogen and oxygen atoms in total. The van der Waals surface area contributed by atoms with Crippen molar-refractivity contribution in [1.29, 1.82) is 0 Å². The summed E-state index contributed by atoms with van der Waals surface area (Å²) in [4.78, 5) is 2.41. The molecule has 1 heterocycles. The van der Waals surface area contributed by atoms with Gasteiger partial charge in [0.15, 0.2) is 0 Å². The average molecular weight is 186 g/mol. The molecule has 0 radical (unpaired) electrons. The Kier molecular flexibility index (Phi) is 4.70. The number of hydrogen-bond acceptors (Lipinski definition) is 3. The van der Waals surface area contributed by atoms with Gasteiger partial charge in [0, 0.05) is 13.1 Å². The fourth-order valence-corrected chi connectivity index (χ4v) is 1.86. The number of nitrogens with zero attached hydrogens (tertiary/aromatic N) is 1. The maximum Gasteiger partial charge on any atom is 0.0707 e. The molecule has 1 aliphatic heterocycles. The SMILES string of the molecule is CCN(CC)C[C@@H]1CC[C@H](CN)O1. The Morgan fingerprint density at radius 3 is 2.31 bits per heavy atom. The van der Waals surface area contributed by atoms with Crippen LogP contribution in [0.3, 0.4) is 0 Å². The van der Waals surface area contributed by atoms with Crippen molar-refractivity contribution in [1.82, 2.24) is 4.90 Å². The zero-order valence-corrected chi connectivity index (χ0v) is 8.83. The Morgan fingerprint density at radius 1 is 1.23 bits per heavy atom. The van der Waals surface area contributed by atoms with E-state index in [2.05, 4.69) is 18.7 Å². The molecule has 0 saturated carbocycles. The van der Waals surface area contributed by atoms with Gasteiger partial charge in [0.2, 0.25) is 0 Å². The van der Waals surface area contributed by atoms with Crippen LogP contribution in [0, 0.1) is 0 Å². The van der Waals surface area contributed by atoms with Crippen molar-refractivity contribution in [2.24, 2.45) is 5.73 Å². The normalized spacial score (nSPS) is 28.6. The standard InChI is InChI=1S/C10H22N2O/c1-3-12(4-2)8-10-6-5-9(7-11)13-10/h9-10H,3-8,11H2,1-2H3/t9-,10+/m1/s1. The molecule has 1 saturated heterocycles. The highest BCUT2D eigenvalue weighted by molar-refractivity contribution is 4.76. The third-order valence-corrected chi connectivity index (χ3v) is 2.81. The van der Waals surface area contributed by atoms with Crippen molar-refractivity contribution in [3.05, 3.63) is 0 Å². The summed E-state index contributed by atoms with van der Waals surface area (Å²) in [7, 11) is 0. The summed E-state index contributed by atoms with van der Waals surface area (Å²) in [6.07, 6.45) is 3.06. The van der Waals surface area contributed by atoms with E-state index in [4.69, 9.17) is 10.5 Å². The number of hydrogen-bond donors (Lipinski definition) is 1. The molecule has 0 amide bonds. The molecule has 13 heavy (non-hydrogen) atoms. The van der Waals surface area contributed by atoms with Crippen LogP contribution in [-0.4, -0.2) is 43.3 Å². The third kappa shape index (κ3) is 3.25. The average Bonchev–Trinajstić information content (AvgIpc) is 2.61. The van der Waals surface area contributed by atoms with E-state index in [0.717, 1.165) is 26.1 Å². The van der Waals surface area contributed by atoms with Crippen molar-refractivity contribution >= 4 is 0 Å². The first-order valence-electron chi connectivity index (χ1n) is 5.38. The fourth-order valence-electron chi connectivity index (χ4n) is 1.86. The van der Waals surface area contributed by atoms with E-state index in [1.165, 1.54) is 6.42 Å². The molecular formula is C10H22N2O. The molecule has 2 atom stereocenters. The van der Waals surface area contributed by atoms with Gasteiger partial charge in [-0.25, -0.2) is 0 Å². The maximum atomic E-state index is 5.78. The molecule has 0 aliphatic carbocycles. The van der Waals surface area contributed by atoms with E-state index in [-0.39, 0.29) is 0 Å². The van der Waals surface area contributed by atoms with Crippen LogP contribution in [-0.2, 0) is 4.74 Å². The van der Waals surface area contributed by atoms with Gasteiger partial charge in [-0.05, 0) is 25.9 Å². The molecule has 0 spiro atoms. The number of ether oxygens (including phenoxy) is 1. The Bertz CT molecular complexity index is 137. The minimum Gasteiger partial charge on any atom is -0.372 e. The maximum absolute atomic E-state index is 5.78. The van der Waals surface area contributed by atoms with Gasteiger partial charge in [-0.1, -0.05) is 13.8 Å². The van der Waals surface area contributed by atoms with Gasteiger partial charge in [0.25, 0.3) is 0 Å². The zero-order valence-electron chi connectivity index (χ0n) is 8.83. The minimum absolute atomic E-state index is 0.320. The molecule has 2 N–H and O–H groups in total. The fraction of sp³-hybridized carbons (Fsp3) is 1.00. The topological polar surface area (TPSA) is 38.5 Å².